The molecule has 0 amide bonds. The Labute approximate surface area is 146 Å². The maximum Gasteiger partial charge on any atom is 0.337 e. The van der Waals surface area contributed by atoms with Crippen molar-refractivity contribution in [2.75, 3.05) is 0 Å². The number of hydrogen-bond donors (Lipinski definition) is 1. The number of aliphatic hydroxyl groups excluding tert-OH is 1. The highest BCUT2D eigenvalue weighted by molar-refractivity contribution is 6.30. The van der Waals surface area contributed by atoms with E-state index in [9.17, 15) is 9.90 Å². The van der Waals surface area contributed by atoms with E-state index in [-0.39, 0.29) is 5.76 Å². The van der Waals surface area contributed by atoms with E-state index >= 15 is 0 Å². The molecule has 0 aromatic heterocycles. The highest BCUT2D eigenvalue weighted by Gasteiger charge is 2.33. The summed E-state index contributed by atoms with van der Waals surface area (Å²) in [6.45, 7) is 3.91. The van der Waals surface area contributed by atoms with Gasteiger partial charge in [0.25, 0.3) is 0 Å². The average molecular weight is 352 g/mol. The van der Waals surface area contributed by atoms with Gasteiger partial charge in [-0.2, -0.15) is 0 Å². The maximum atomic E-state index is 11.9. The van der Waals surface area contributed by atoms with Gasteiger partial charge in [-0.1, -0.05) is 28.9 Å². The quantitative estimate of drug-likeness (QED) is 0.338. The largest absolute Gasteiger partial charge is 0.512 e. The van der Waals surface area contributed by atoms with Crippen molar-refractivity contribution in [2.45, 2.75) is 51.7 Å². The summed E-state index contributed by atoms with van der Waals surface area (Å²) in [5.41, 5.74) is 0.671. The van der Waals surface area contributed by atoms with Crippen LogP contribution < -0.4 is 0 Å². The molecule has 6 heteroatoms. The first kappa shape index (κ1) is 18.3. The molecule has 5 nitrogen and oxygen atoms in total. The van der Waals surface area contributed by atoms with Crippen LogP contribution in [0.1, 0.15) is 45.1 Å². The van der Waals surface area contributed by atoms with Crippen LogP contribution in [-0.2, 0) is 21.0 Å². The molecule has 1 heterocycles. The van der Waals surface area contributed by atoms with Crippen molar-refractivity contribution in [2.24, 2.45) is 5.16 Å². The Hall–Kier alpha value is -2.01. The molecule has 2 rings (SSSR count). The lowest BCUT2D eigenvalue weighted by atomic mass is 9.95. The first-order chi connectivity index (χ1) is 11.4. The molecule has 0 saturated carbocycles. The number of nitrogens with zero attached hydrogens (tertiary/aromatic N) is 1. The second-order valence-electron chi connectivity index (χ2n) is 6.33. The number of aliphatic hydroxyl groups is 1. The van der Waals surface area contributed by atoms with Crippen LogP contribution in [0.4, 0.5) is 0 Å². The van der Waals surface area contributed by atoms with E-state index < -0.39 is 11.6 Å². The third-order valence-electron chi connectivity index (χ3n) is 3.59. The molecule has 1 aromatic rings. The SMILES string of the molecule is CC1(C)CC(O)=C(CCCC=NOCc2cccc(Cl)c2)C(=O)O1. The van der Waals surface area contributed by atoms with Gasteiger partial charge < -0.3 is 14.7 Å². The highest BCUT2D eigenvalue weighted by atomic mass is 35.5. The van der Waals surface area contributed by atoms with Gasteiger partial charge in [0.1, 0.15) is 18.0 Å². The number of oxime groups is 1. The molecule has 1 N–H and O–H groups in total. The average Bonchev–Trinajstić information content (AvgIpc) is 2.47. The molecular formula is C18H22ClNO4. The lowest BCUT2D eigenvalue weighted by Gasteiger charge is -2.30. The lowest BCUT2D eigenvalue weighted by molar-refractivity contribution is -0.155. The van der Waals surface area contributed by atoms with Crippen molar-refractivity contribution in [3.8, 4) is 0 Å². The molecule has 0 spiro atoms. The molecule has 0 atom stereocenters. The van der Waals surface area contributed by atoms with Crippen molar-refractivity contribution < 1.29 is 19.5 Å². The third kappa shape index (κ3) is 5.57. The number of ether oxygens (including phenoxy) is 1. The molecule has 0 radical (unpaired) electrons. The van der Waals surface area contributed by atoms with E-state index in [1.54, 1.807) is 26.1 Å². The monoisotopic (exact) mass is 351 g/mol. The zero-order chi connectivity index (χ0) is 17.6. The van der Waals surface area contributed by atoms with Crippen LogP contribution in [-0.4, -0.2) is 22.9 Å². The number of cyclic esters (lactones) is 1. The van der Waals surface area contributed by atoms with E-state index in [0.717, 1.165) is 5.56 Å². The van der Waals surface area contributed by atoms with E-state index in [0.29, 0.717) is 42.9 Å². The number of esters is 1. The molecule has 1 aromatic carbocycles. The number of carbonyl (C=O) groups excluding carboxylic acids is 1. The fraction of sp³-hybridized carbons (Fsp3) is 0.444. The van der Waals surface area contributed by atoms with Crippen LogP contribution in [0.25, 0.3) is 0 Å². The Bertz CT molecular complexity index is 652. The number of carbonyl (C=O) groups is 1. The zero-order valence-corrected chi connectivity index (χ0v) is 14.7. The molecule has 0 saturated heterocycles. The van der Waals surface area contributed by atoms with Gasteiger partial charge >= 0.3 is 5.97 Å². The van der Waals surface area contributed by atoms with Crippen LogP contribution in [0, 0.1) is 0 Å². The van der Waals surface area contributed by atoms with Crippen molar-refractivity contribution in [1.29, 1.82) is 0 Å². The van der Waals surface area contributed by atoms with E-state index in [2.05, 4.69) is 5.16 Å². The fourth-order valence-corrected chi connectivity index (χ4v) is 2.65. The van der Waals surface area contributed by atoms with Gasteiger partial charge in [0.15, 0.2) is 0 Å². The minimum absolute atomic E-state index is 0.130. The van der Waals surface area contributed by atoms with Gasteiger partial charge in [-0.25, -0.2) is 4.79 Å². The molecule has 0 aliphatic carbocycles. The van der Waals surface area contributed by atoms with E-state index in [1.165, 1.54) is 0 Å². The third-order valence-corrected chi connectivity index (χ3v) is 3.82. The second kappa shape index (κ2) is 8.20. The molecule has 0 unspecified atom stereocenters. The topological polar surface area (TPSA) is 68.1 Å². The Kier molecular flexibility index (Phi) is 6.26. The second-order valence-corrected chi connectivity index (χ2v) is 6.77. The Balaban J connectivity index is 1.70. The predicted molar refractivity (Wildman–Crippen MR) is 93.0 cm³/mol. The summed E-state index contributed by atoms with van der Waals surface area (Å²) >= 11 is 5.88. The van der Waals surface area contributed by atoms with Gasteiger partial charge in [-0.15, -0.1) is 0 Å². The molecular weight excluding hydrogens is 330 g/mol. The van der Waals surface area contributed by atoms with Crippen LogP contribution in [0.2, 0.25) is 5.02 Å². The summed E-state index contributed by atoms with van der Waals surface area (Å²) < 4.78 is 5.29. The Morgan fingerprint density at radius 2 is 2.25 bits per heavy atom. The van der Waals surface area contributed by atoms with Crippen LogP contribution in [0.15, 0.2) is 40.8 Å². The van der Waals surface area contributed by atoms with Crippen molar-refractivity contribution >= 4 is 23.8 Å². The van der Waals surface area contributed by atoms with Crippen LogP contribution in [0.5, 0.6) is 0 Å². The summed E-state index contributed by atoms with van der Waals surface area (Å²) in [7, 11) is 0. The number of rotatable bonds is 7. The first-order valence-corrected chi connectivity index (χ1v) is 8.28. The Morgan fingerprint density at radius 1 is 1.46 bits per heavy atom. The summed E-state index contributed by atoms with van der Waals surface area (Å²) in [4.78, 5) is 17.1. The summed E-state index contributed by atoms with van der Waals surface area (Å²) in [5.74, 6) is -0.303. The number of halogens is 1. The van der Waals surface area contributed by atoms with Crippen molar-refractivity contribution in [3.05, 3.63) is 46.2 Å². The highest BCUT2D eigenvalue weighted by Crippen LogP contribution is 2.30. The standard InChI is InChI=1S/C18H22ClNO4/c1-18(2)11-16(21)15(17(22)24-18)8-3-4-9-20-23-12-13-6-5-7-14(19)10-13/h5-7,9-10,21H,3-4,8,11-12H2,1-2H3. The fourth-order valence-electron chi connectivity index (χ4n) is 2.44. The Morgan fingerprint density at radius 3 is 2.96 bits per heavy atom. The lowest BCUT2D eigenvalue weighted by Crippen LogP contribution is -2.34. The summed E-state index contributed by atoms with van der Waals surface area (Å²) in [5, 5.41) is 14.5. The van der Waals surface area contributed by atoms with E-state index in [4.69, 9.17) is 21.2 Å². The van der Waals surface area contributed by atoms with Gasteiger partial charge in [-0.05, 0) is 50.8 Å². The zero-order valence-electron chi connectivity index (χ0n) is 13.9. The normalized spacial score (nSPS) is 17.2. The van der Waals surface area contributed by atoms with Crippen LogP contribution >= 0.6 is 11.6 Å². The molecule has 130 valence electrons. The van der Waals surface area contributed by atoms with E-state index in [1.807, 2.05) is 18.2 Å². The summed E-state index contributed by atoms with van der Waals surface area (Å²) in [6.07, 6.45) is 3.79. The first-order valence-electron chi connectivity index (χ1n) is 7.90. The minimum atomic E-state index is -0.639. The van der Waals surface area contributed by atoms with Gasteiger partial charge in [0, 0.05) is 17.7 Å². The van der Waals surface area contributed by atoms with Crippen molar-refractivity contribution in [3.63, 3.8) is 0 Å². The van der Waals surface area contributed by atoms with Gasteiger partial charge in [-0.3, -0.25) is 0 Å². The molecule has 0 bridgehead atoms. The van der Waals surface area contributed by atoms with Crippen molar-refractivity contribution in [1.82, 2.24) is 0 Å². The van der Waals surface area contributed by atoms with Crippen LogP contribution in [0.3, 0.4) is 0 Å². The molecule has 1 aliphatic rings. The maximum absolute atomic E-state index is 11.9. The summed E-state index contributed by atoms with van der Waals surface area (Å²) in [6, 6.07) is 7.39. The number of unbranched alkanes of at least 4 members (excludes halogenated alkanes) is 1. The smallest absolute Gasteiger partial charge is 0.337 e. The minimum Gasteiger partial charge on any atom is -0.512 e. The van der Waals surface area contributed by atoms with Gasteiger partial charge in [0.2, 0.25) is 0 Å². The molecule has 1 aliphatic heterocycles. The predicted octanol–water partition coefficient (Wildman–Crippen LogP) is 4.55. The molecule has 0 fully saturated rings. The molecule has 24 heavy (non-hydrogen) atoms. The number of benzene rings is 1. The number of hydrogen-bond acceptors (Lipinski definition) is 5. The van der Waals surface area contributed by atoms with Gasteiger partial charge in [0.05, 0.1) is 5.57 Å².